The van der Waals surface area contributed by atoms with Gasteiger partial charge in [-0.2, -0.15) is 5.10 Å². The van der Waals surface area contributed by atoms with Crippen molar-refractivity contribution < 1.29 is 9.59 Å². The van der Waals surface area contributed by atoms with E-state index in [0.717, 1.165) is 0 Å². The van der Waals surface area contributed by atoms with Crippen LogP contribution in [0.4, 0.5) is 0 Å². The third kappa shape index (κ3) is 1.59. The summed E-state index contributed by atoms with van der Waals surface area (Å²) in [4.78, 5) is 23.9. The first-order valence-electron chi connectivity index (χ1n) is 3.98. The number of hydrogen-bond acceptors (Lipinski definition) is 3. The van der Waals surface area contributed by atoms with Crippen LogP contribution in [0.15, 0.2) is 6.20 Å². The van der Waals surface area contributed by atoms with Crippen molar-refractivity contribution in [1.29, 1.82) is 0 Å². The van der Waals surface area contributed by atoms with Crippen molar-refractivity contribution in [2.75, 3.05) is 14.1 Å². The second-order valence-electron chi connectivity index (χ2n) is 3.09. The Hall–Kier alpha value is -1.85. The number of rotatable bonds is 2. The summed E-state index contributed by atoms with van der Waals surface area (Å²) < 4.78 is 1.29. The molecular weight excluding hydrogens is 184 g/mol. The number of amides is 2. The molecule has 76 valence electrons. The number of aromatic nitrogens is 2. The molecule has 0 aliphatic rings. The highest BCUT2D eigenvalue weighted by Crippen LogP contribution is 2.08. The summed E-state index contributed by atoms with van der Waals surface area (Å²) in [5.41, 5.74) is 5.48. The number of nitrogens with two attached hydrogens (primary N) is 1. The SMILES string of the molecule is CN(C)C(=O)c1cnn(C)c1C(N)=O. The number of hydrogen-bond donors (Lipinski definition) is 1. The minimum Gasteiger partial charge on any atom is -0.364 e. The Bertz CT molecular complexity index is 381. The van der Waals surface area contributed by atoms with Crippen LogP contribution in [-0.4, -0.2) is 40.6 Å². The van der Waals surface area contributed by atoms with Crippen molar-refractivity contribution in [2.24, 2.45) is 12.8 Å². The topological polar surface area (TPSA) is 81.2 Å². The first-order chi connectivity index (χ1) is 6.45. The summed E-state index contributed by atoms with van der Waals surface area (Å²) in [5.74, 6) is -0.942. The molecule has 0 bridgehead atoms. The maximum atomic E-state index is 11.5. The molecule has 0 saturated carbocycles. The Morgan fingerprint density at radius 1 is 1.50 bits per heavy atom. The number of carbonyl (C=O) groups is 2. The molecule has 1 heterocycles. The fourth-order valence-corrected chi connectivity index (χ4v) is 1.13. The average molecular weight is 196 g/mol. The Kier molecular flexibility index (Phi) is 2.55. The Labute approximate surface area is 81.3 Å². The Morgan fingerprint density at radius 2 is 2.07 bits per heavy atom. The Morgan fingerprint density at radius 3 is 2.50 bits per heavy atom. The predicted molar refractivity (Wildman–Crippen MR) is 49.7 cm³/mol. The molecule has 0 spiro atoms. The van der Waals surface area contributed by atoms with Gasteiger partial charge in [0.25, 0.3) is 11.8 Å². The van der Waals surface area contributed by atoms with Gasteiger partial charge in [0.15, 0.2) is 0 Å². The van der Waals surface area contributed by atoms with Crippen molar-refractivity contribution >= 4 is 11.8 Å². The van der Waals surface area contributed by atoms with Gasteiger partial charge >= 0.3 is 0 Å². The molecule has 1 aromatic heterocycles. The maximum absolute atomic E-state index is 11.5. The summed E-state index contributed by atoms with van der Waals surface area (Å²) in [6.45, 7) is 0. The van der Waals surface area contributed by atoms with Gasteiger partial charge in [-0.25, -0.2) is 0 Å². The van der Waals surface area contributed by atoms with Crippen LogP contribution in [0.1, 0.15) is 20.8 Å². The van der Waals surface area contributed by atoms with Crippen LogP contribution in [0.3, 0.4) is 0 Å². The monoisotopic (exact) mass is 196 g/mol. The number of aryl methyl sites for hydroxylation is 1. The van der Waals surface area contributed by atoms with Crippen molar-refractivity contribution in [3.05, 3.63) is 17.5 Å². The van der Waals surface area contributed by atoms with Gasteiger partial charge in [0.05, 0.1) is 11.8 Å². The molecule has 2 N–H and O–H groups in total. The predicted octanol–water partition coefficient (Wildman–Crippen LogP) is -0.779. The lowest BCUT2D eigenvalue weighted by Gasteiger charge is -2.09. The normalized spacial score (nSPS) is 9.93. The minimum absolute atomic E-state index is 0.128. The molecule has 0 aromatic carbocycles. The second kappa shape index (κ2) is 3.49. The second-order valence-corrected chi connectivity index (χ2v) is 3.09. The van der Waals surface area contributed by atoms with Gasteiger partial charge in [0.1, 0.15) is 5.69 Å². The molecule has 0 aliphatic carbocycles. The van der Waals surface area contributed by atoms with E-state index in [0.29, 0.717) is 0 Å². The summed E-state index contributed by atoms with van der Waals surface area (Å²) in [7, 11) is 4.76. The highest BCUT2D eigenvalue weighted by molar-refractivity contribution is 6.05. The van der Waals surface area contributed by atoms with Gasteiger partial charge in [-0.15, -0.1) is 0 Å². The molecule has 14 heavy (non-hydrogen) atoms. The first kappa shape index (κ1) is 10.2. The molecule has 1 rings (SSSR count). The van der Waals surface area contributed by atoms with Crippen LogP contribution in [0, 0.1) is 0 Å². The summed E-state index contributed by atoms with van der Waals surface area (Å²) >= 11 is 0. The largest absolute Gasteiger partial charge is 0.364 e. The molecule has 0 fully saturated rings. The van der Waals surface area contributed by atoms with Gasteiger partial charge in [-0.1, -0.05) is 0 Å². The lowest BCUT2D eigenvalue weighted by Crippen LogP contribution is -2.26. The zero-order valence-electron chi connectivity index (χ0n) is 8.31. The van der Waals surface area contributed by atoms with E-state index >= 15 is 0 Å². The molecule has 2 amide bonds. The van der Waals surface area contributed by atoms with Crippen molar-refractivity contribution in [3.63, 3.8) is 0 Å². The van der Waals surface area contributed by atoms with E-state index in [9.17, 15) is 9.59 Å². The minimum atomic E-state index is -0.657. The molecule has 6 heteroatoms. The fraction of sp³-hybridized carbons (Fsp3) is 0.375. The van der Waals surface area contributed by atoms with Gasteiger partial charge < -0.3 is 10.6 Å². The highest BCUT2D eigenvalue weighted by atomic mass is 16.2. The number of primary amides is 1. The van der Waals surface area contributed by atoms with Crippen molar-refractivity contribution in [3.8, 4) is 0 Å². The van der Waals surface area contributed by atoms with E-state index in [1.54, 1.807) is 21.1 Å². The number of carbonyl (C=O) groups excluding carboxylic acids is 2. The van der Waals surface area contributed by atoms with Crippen LogP contribution >= 0.6 is 0 Å². The van der Waals surface area contributed by atoms with E-state index in [4.69, 9.17) is 5.73 Å². The molecular formula is C8H12N4O2. The van der Waals surface area contributed by atoms with Crippen LogP contribution < -0.4 is 5.73 Å². The third-order valence-electron chi connectivity index (χ3n) is 1.81. The average Bonchev–Trinajstić information content (AvgIpc) is 2.45. The molecule has 0 atom stereocenters. The smallest absolute Gasteiger partial charge is 0.267 e. The van der Waals surface area contributed by atoms with Crippen LogP contribution in [0.25, 0.3) is 0 Å². The zero-order chi connectivity index (χ0) is 10.9. The third-order valence-corrected chi connectivity index (χ3v) is 1.81. The molecule has 1 aromatic rings. The van der Waals surface area contributed by atoms with Crippen molar-refractivity contribution in [2.45, 2.75) is 0 Å². The van der Waals surface area contributed by atoms with Crippen LogP contribution in [-0.2, 0) is 7.05 Å². The summed E-state index contributed by atoms with van der Waals surface area (Å²) in [6, 6.07) is 0. The van der Waals surface area contributed by atoms with Gasteiger partial charge in [0.2, 0.25) is 0 Å². The van der Waals surface area contributed by atoms with Crippen LogP contribution in [0.5, 0.6) is 0 Å². The molecule has 0 unspecified atom stereocenters. The Balaban J connectivity index is 3.22. The van der Waals surface area contributed by atoms with E-state index < -0.39 is 5.91 Å². The van der Waals surface area contributed by atoms with Crippen LogP contribution in [0.2, 0.25) is 0 Å². The summed E-state index contributed by atoms with van der Waals surface area (Å²) in [6.07, 6.45) is 1.34. The van der Waals surface area contributed by atoms with Gasteiger partial charge in [-0.05, 0) is 0 Å². The van der Waals surface area contributed by atoms with Gasteiger partial charge in [-0.3, -0.25) is 14.3 Å². The number of nitrogens with zero attached hydrogens (tertiary/aromatic N) is 3. The lowest BCUT2D eigenvalue weighted by atomic mass is 10.2. The molecule has 0 saturated heterocycles. The highest BCUT2D eigenvalue weighted by Gasteiger charge is 2.20. The van der Waals surface area contributed by atoms with Crippen molar-refractivity contribution in [1.82, 2.24) is 14.7 Å². The van der Waals surface area contributed by atoms with E-state index in [1.165, 1.54) is 15.8 Å². The maximum Gasteiger partial charge on any atom is 0.267 e. The summed E-state index contributed by atoms with van der Waals surface area (Å²) in [5, 5.41) is 3.81. The van der Waals surface area contributed by atoms with E-state index in [2.05, 4.69) is 5.10 Å². The molecule has 0 radical (unpaired) electrons. The van der Waals surface area contributed by atoms with E-state index in [1.807, 2.05) is 0 Å². The molecule has 6 nitrogen and oxygen atoms in total. The zero-order valence-corrected chi connectivity index (χ0v) is 8.31. The standard InChI is InChI=1S/C8H12N4O2/c1-11(2)8(14)5-4-10-12(3)6(5)7(9)13/h4H,1-3H3,(H2,9,13). The first-order valence-corrected chi connectivity index (χ1v) is 3.98. The fourth-order valence-electron chi connectivity index (χ4n) is 1.13. The molecule has 0 aliphatic heterocycles. The van der Waals surface area contributed by atoms with Gasteiger partial charge in [0, 0.05) is 21.1 Å². The lowest BCUT2D eigenvalue weighted by molar-refractivity contribution is 0.0820. The quantitative estimate of drug-likeness (QED) is 0.673. The van der Waals surface area contributed by atoms with E-state index in [-0.39, 0.29) is 17.2 Å².